The minimum absolute atomic E-state index is 0.0138. The third-order valence-corrected chi connectivity index (χ3v) is 9.67. The van der Waals surface area contributed by atoms with Gasteiger partial charge in [-0.1, -0.05) is 31.7 Å². The van der Waals surface area contributed by atoms with Gasteiger partial charge in [0.2, 0.25) is 5.12 Å². The highest BCUT2D eigenvalue weighted by atomic mass is 32.2. The Morgan fingerprint density at radius 1 is 1.27 bits per heavy atom. The second-order valence-electron chi connectivity index (χ2n) is 10.4. The number of alkyl halides is 3. The molecule has 0 aromatic carbocycles. The van der Waals surface area contributed by atoms with Gasteiger partial charge in [-0.2, -0.15) is 0 Å². The number of ketones is 1. The van der Waals surface area contributed by atoms with E-state index in [0.717, 1.165) is 13.0 Å². The molecule has 4 rings (SSSR count). The molecule has 0 heterocycles. The smallest absolute Gasteiger partial charge is 0.303 e. The Kier molecular flexibility index (Phi) is 5.72. The Morgan fingerprint density at radius 3 is 2.55 bits per heavy atom. The molecule has 9 atom stereocenters. The summed E-state index contributed by atoms with van der Waals surface area (Å²) < 4.78 is 51.6. The molecule has 3 saturated carbocycles. The largest absolute Gasteiger partial charge is 0.459 e. The van der Waals surface area contributed by atoms with E-state index in [1.165, 1.54) is 19.1 Å². The summed E-state index contributed by atoms with van der Waals surface area (Å²) in [7, 11) is 0. The van der Waals surface area contributed by atoms with Gasteiger partial charge in [0.25, 0.3) is 0 Å². The van der Waals surface area contributed by atoms with Crippen LogP contribution in [0, 0.1) is 28.6 Å². The van der Waals surface area contributed by atoms with E-state index in [0.29, 0.717) is 11.8 Å². The molecule has 33 heavy (non-hydrogen) atoms. The summed E-state index contributed by atoms with van der Waals surface area (Å²) >= 11 is 0.358. The first-order valence-electron chi connectivity index (χ1n) is 11.2. The van der Waals surface area contributed by atoms with Crippen LogP contribution in [-0.2, 0) is 19.1 Å². The number of carbonyl (C=O) groups excluding carboxylic acids is 3. The van der Waals surface area contributed by atoms with Crippen LogP contribution in [0.25, 0.3) is 0 Å². The first kappa shape index (κ1) is 24.5. The van der Waals surface area contributed by atoms with Gasteiger partial charge in [0.1, 0.15) is 23.9 Å². The highest BCUT2D eigenvalue weighted by Crippen LogP contribution is 2.71. The maximum atomic E-state index is 17.5. The fourth-order valence-electron chi connectivity index (χ4n) is 7.43. The Morgan fingerprint density at radius 2 is 1.94 bits per heavy atom. The Labute approximate surface area is 195 Å². The van der Waals surface area contributed by atoms with Gasteiger partial charge >= 0.3 is 5.97 Å². The molecule has 182 valence electrons. The van der Waals surface area contributed by atoms with Crippen molar-refractivity contribution in [3.05, 3.63) is 23.8 Å². The molecular formula is C24H29F3O5S. The Hall–Kier alpha value is -1.61. The first-order chi connectivity index (χ1) is 15.3. The van der Waals surface area contributed by atoms with Crippen LogP contribution in [0.2, 0.25) is 0 Å². The van der Waals surface area contributed by atoms with Crippen molar-refractivity contribution in [1.82, 2.24) is 0 Å². The molecular weight excluding hydrogens is 457 g/mol. The van der Waals surface area contributed by atoms with Crippen molar-refractivity contribution in [3.63, 3.8) is 0 Å². The van der Waals surface area contributed by atoms with Crippen molar-refractivity contribution >= 4 is 28.6 Å². The normalized spacial score (nSPS) is 48.4. The van der Waals surface area contributed by atoms with Crippen LogP contribution in [0.4, 0.5) is 13.2 Å². The number of carbonyl (C=O) groups is 3. The molecule has 0 aromatic rings. The van der Waals surface area contributed by atoms with Crippen molar-refractivity contribution in [2.75, 3.05) is 6.01 Å². The van der Waals surface area contributed by atoms with Crippen LogP contribution in [-0.4, -0.2) is 51.5 Å². The van der Waals surface area contributed by atoms with Crippen LogP contribution in [0.3, 0.4) is 0 Å². The zero-order valence-electron chi connectivity index (χ0n) is 19.1. The third-order valence-electron chi connectivity index (χ3n) is 8.99. The maximum Gasteiger partial charge on any atom is 0.303 e. The quantitative estimate of drug-likeness (QED) is 0.607. The average molecular weight is 487 g/mol. The summed E-state index contributed by atoms with van der Waals surface area (Å²) in [6.45, 7) is 5.94. The van der Waals surface area contributed by atoms with Gasteiger partial charge < -0.3 is 9.84 Å². The van der Waals surface area contributed by atoms with Crippen LogP contribution in [0.15, 0.2) is 23.8 Å². The van der Waals surface area contributed by atoms with Crippen molar-refractivity contribution in [2.45, 2.75) is 70.5 Å². The van der Waals surface area contributed by atoms with E-state index in [9.17, 15) is 23.9 Å². The number of esters is 1. The maximum absolute atomic E-state index is 17.5. The van der Waals surface area contributed by atoms with Gasteiger partial charge in [0.05, 0.1) is 0 Å². The van der Waals surface area contributed by atoms with Crippen molar-refractivity contribution in [3.8, 4) is 0 Å². The monoisotopic (exact) mass is 486 g/mol. The standard InChI is InChI=1S/C24H29F3O5S/c1-12-7-15-16-9-18(26)17-8-14(29)5-6-21(17,3)23(16,27)19(32-13(2)28)10-22(15,4)24(12,31)20(30)33-11-25/h5-6,8,12,15-16,18-19,31H,7,9-11H2,1-4H3/t12-,15+,16+,18+,19+,21+,22+,23+,24+/m1/s1. The molecule has 5 nitrogen and oxygen atoms in total. The van der Waals surface area contributed by atoms with Gasteiger partial charge in [-0.25, -0.2) is 13.2 Å². The summed E-state index contributed by atoms with van der Waals surface area (Å²) in [5.74, 6) is -3.44. The van der Waals surface area contributed by atoms with Crippen molar-refractivity contribution < 1.29 is 37.4 Å². The number of thioether (sulfide) groups is 1. The van der Waals surface area contributed by atoms with Gasteiger partial charge in [-0.3, -0.25) is 14.4 Å². The number of rotatable bonds is 3. The molecule has 4 aliphatic carbocycles. The van der Waals surface area contributed by atoms with E-state index in [-0.39, 0.29) is 24.8 Å². The summed E-state index contributed by atoms with van der Waals surface area (Å²) in [4.78, 5) is 37.0. The zero-order chi connectivity index (χ0) is 24.6. The first-order valence-corrected chi connectivity index (χ1v) is 12.2. The second kappa shape index (κ2) is 7.70. The number of hydrogen-bond donors (Lipinski definition) is 1. The summed E-state index contributed by atoms with van der Waals surface area (Å²) in [6, 6.07) is -1.02. The molecule has 0 spiro atoms. The molecule has 0 radical (unpaired) electrons. The molecule has 0 unspecified atom stereocenters. The van der Waals surface area contributed by atoms with E-state index in [1.807, 2.05) is 0 Å². The lowest BCUT2D eigenvalue weighted by molar-refractivity contribution is -0.231. The molecule has 3 fully saturated rings. The zero-order valence-corrected chi connectivity index (χ0v) is 19.9. The highest BCUT2D eigenvalue weighted by Gasteiger charge is 2.77. The third kappa shape index (κ3) is 3.00. The van der Waals surface area contributed by atoms with E-state index < -0.39 is 75.0 Å². The molecule has 0 amide bonds. The number of aliphatic hydroxyl groups is 1. The fourth-order valence-corrected chi connectivity index (χ4v) is 8.18. The van der Waals surface area contributed by atoms with E-state index >= 15 is 8.78 Å². The van der Waals surface area contributed by atoms with Crippen LogP contribution < -0.4 is 0 Å². The van der Waals surface area contributed by atoms with Gasteiger partial charge in [0.15, 0.2) is 11.5 Å². The van der Waals surface area contributed by atoms with E-state index in [2.05, 4.69) is 0 Å². The van der Waals surface area contributed by atoms with Crippen LogP contribution in [0.1, 0.15) is 47.0 Å². The minimum Gasteiger partial charge on any atom is -0.459 e. The van der Waals surface area contributed by atoms with E-state index in [1.54, 1.807) is 13.8 Å². The SMILES string of the molecule is CC(=O)O[C@H]1C[C@@]2(C)[C@@H](C[C@@H](C)[C@]2(O)C(=O)SCF)[C@@H]2C[C@H](F)C3=CC(=O)C=C[C@]3(C)[C@@]12F. The predicted octanol–water partition coefficient (Wildman–Crippen LogP) is 4.04. The average Bonchev–Trinajstić information content (AvgIpc) is 2.93. The summed E-state index contributed by atoms with van der Waals surface area (Å²) in [6.07, 6.45) is 0.438. The van der Waals surface area contributed by atoms with Crippen molar-refractivity contribution in [1.29, 1.82) is 0 Å². The molecule has 9 heteroatoms. The topological polar surface area (TPSA) is 80.7 Å². The molecule has 1 N–H and O–H groups in total. The van der Waals surface area contributed by atoms with E-state index in [4.69, 9.17) is 4.74 Å². The lowest BCUT2D eigenvalue weighted by Gasteiger charge is -2.63. The number of hydrogen-bond acceptors (Lipinski definition) is 6. The molecule has 0 saturated heterocycles. The molecule has 0 aliphatic heterocycles. The number of allylic oxidation sites excluding steroid dienone is 4. The lowest BCUT2D eigenvalue weighted by atomic mass is 9.44. The minimum atomic E-state index is -2.27. The number of ether oxygens (including phenoxy) is 1. The molecule has 0 aromatic heterocycles. The van der Waals surface area contributed by atoms with Crippen LogP contribution >= 0.6 is 11.8 Å². The fraction of sp³-hybridized carbons (Fsp3) is 0.708. The Bertz CT molecular complexity index is 968. The van der Waals surface area contributed by atoms with Gasteiger partial charge in [0, 0.05) is 23.7 Å². The Balaban J connectivity index is 1.91. The summed E-state index contributed by atoms with van der Waals surface area (Å²) in [5, 5.41) is 10.9. The highest BCUT2D eigenvalue weighted by molar-refractivity contribution is 8.13. The van der Waals surface area contributed by atoms with Crippen LogP contribution in [0.5, 0.6) is 0 Å². The number of halogens is 3. The second-order valence-corrected chi connectivity index (χ2v) is 11.3. The number of fused-ring (bicyclic) bond motifs is 5. The van der Waals surface area contributed by atoms with Gasteiger partial charge in [-0.05, 0) is 55.7 Å². The molecule has 4 aliphatic rings. The van der Waals surface area contributed by atoms with Gasteiger partial charge in [-0.15, -0.1) is 0 Å². The van der Waals surface area contributed by atoms with Crippen molar-refractivity contribution in [2.24, 2.45) is 28.6 Å². The summed E-state index contributed by atoms with van der Waals surface area (Å²) in [5.41, 5.74) is -7.06. The lowest BCUT2D eigenvalue weighted by Crippen LogP contribution is -2.71. The molecule has 0 bridgehead atoms. The predicted molar refractivity (Wildman–Crippen MR) is 116 cm³/mol.